The Balaban J connectivity index is 1.61. The van der Waals surface area contributed by atoms with E-state index in [1.165, 1.54) is 29.7 Å². The van der Waals surface area contributed by atoms with Crippen LogP contribution in [-0.2, 0) is 6.42 Å². The number of hydrogen-bond donors (Lipinski definition) is 1. The van der Waals surface area contributed by atoms with Gasteiger partial charge in [-0.25, -0.2) is 0 Å². The SMILES string of the molecule is c1ccc(C(CCc2cncs2)CNC2CC2)cc1. The fourth-order valence-corrected chi connectivity index (χ4v) is 3.00. The first-order valence-corrected chi connectivity index (χ1v) is 7.95. The van der Waals surface area contributed by atoms with E-state index in [-0.39, 0.29) is 0 Å². The Labute approximate surface area is 118 Å². The van der Waals surface area contributed by atoms with Crippen LogP contribution in [-0.4, -0.2) is 17.6 Å². The van der Waals surface area contributed by atoms with Gasteiger partial charge < -0.3 is 5.32 Å². The number of aromatic nitrogens is 1. The summed E-state index contributed by atoms with van der Waals surface area (Å²) in [5.74, 6) is 0.615. The van der Waals surface area contributed by atoms with E-state index in [2.05, 4.69) is 40.6 Å². The quantitative estimate of drug-likeness (QED) is 0.833. The van der Waals surface area contributed by atoms with Gasteiger partial charge in [-0.1, -0.05) is 30.3 Å². The molecule has 0 bridgehead atoms. The van der Waals surface area contributed by atoms with Crippen LogP contribution in [0.15, 0.2) is 42.0 Å². The molecule has 1 heterocycles. The Hall–Kier alpha value is -1.19. The van der Waals surface area contributed by atoms with Crippen LogP contribution in [0.1, 0.15) is 35.6 Å². The summed E-state index contributed by atoms with van der Waals surface area (Å²) in [5, 5.41) is 3.67. The highest BCUT2D eigenvalue weighted by Crippen LogP contribution is 2.25. The van der Waals surface area contributed by atoms with Crippen molar-refractivity contribution in [1.82, 2.24) is 10.3 Å². The van der Waals surface area contributed by atoms with Crippen molar-refractivity contribution < 1.29 is 0 Å². The molecule has 1 atom stereocenters. The van der Waals surface area contributed by atoms with Gasteiger partial charge in [0.25, 0.3) is 0 Å². The van der Waals surface area contributed by atoms with E-state index in [9.17, 15) is 0 Å². The van der Waals surface area contributed by atoms with Crippen molar-refractivity contribution in [3.8, 4) is 0 Å². The number of thiazole rings is 1. The van der Waals surface area contributed by atoms with Gasteiger partial charge in [-0.05, 0) is 37.2 Å². The van der Waals surface area contributed by atoms with Crippen LogP contribution in [0.2, 0.25) is 0 Å². The lowest BCUT2D eigenvalue weighted by atomic mass is 9.94. The summed E-state index contributed by atoms with van der Waals surface area (Å²) in [7, 11) is 0. The molecule has 1 aromatic carbocycles. The first-order chi connectivity index (χ1) is 9.42. The van der Waals surface area contributed by atoms with Gasteiger partial charge in [0, 0.05) is 23.7 Å². The molecule has 1 aromatic heterocycles. The number of benzene rings is 1. The lowest BCUT2D eigenvalue weighted by Gasteiger charge is -2.17. The average molecular weight is 272 g/mol. The Morgan fingerprint density at radius 2 is 2.11 bits per heavy atom. The smallest absolute Gasteiger partial charge is 0.0794 e. The second-order valence-corrected chi connectivity index (χ2v) is 6.27. The van der Waals surface area contributed by atoms with Gasteiger partial charge in [0.2, 0.25) is 0 Å². The largest absolute Gasteiger partial charge is 0.313 e. The molecule has 2 nitrogen and oxygen atoms in total. The van der Waals surface area contributed by atoms with Crippen molar-refractivity contribution in [3.05, 3.63) is 52.5 Å². The minimum atomic E-state index is 0.615. The van der Waals surface area contributed by atoms with E-state index >= 15 is 0 Å². The molecule has 0 amide bonds. The standard InChI is InChI=1S/C16H20N2S/c1-2-4-13(5-3-1)14(10-18-15-7-8-15)6-9-16-11-17-12-19-16/h1-5,11-12,14-15,18H,6-10H2. The zero-order valence-electron chi connectivity index (χ0n) is 11.1. The van der Waals surface area contributed by atoms with E-state index in [1.54, 1.807) is 11.3 Å². The molecule has 0 aliphatic heterocycles. The third kappa shape index (κ3) is 3.88. The molecule has 1 saturated carbocycles. The van der Waals surface area contributed by atoms with Gasteiger partial charge in [-0.3, -0.25) is 4.98 Å². The van der Waals surface area contributed by atoms with Crippen molar-refractivity contribution in [3.63, 3.8) is 0 Å². The molecular weight excluding hydrogens is 252 g/mol. The van der Waals surface area contributed by atoms with Gasteiger partial charge in [-0.2, -0.15) is 0 Å². The maximum atomic E-state index is 4.16. The second-order valence-electron chi connectivity index (χ2n) is 5.30. The fraction of sp³-hybridized carbons (Fsp3) is 0.438. The van der Waals surface area contributed by atoms with Gasteiger partial charge in [-0.15, -0.1) is 11.3 Å². The van der Waals surface area contributed by atoms with Gasteiger partial charge in [0.15, 0.2) is 0 Å². The summed E-state index contributed by atoms with van der Waals surface area (Å²) < 4.78 is 0. The third-order valence-electron chi connectivity index (χ3n) is 3.72. The molecule has 0 saturated heterocycles. The second kappa shape index (κ2) is 6.31. The van der Waals surface area contributed by atoms with E-state index in [0.29, 0.717) is 5.92 Å². The van der Waals surface area contributed by atoms with Crippen molar-refractivity contribution in [2.45, 2.75) is 37.6 Å². The van der Waals surface area contributed by atoms with Crippen LogP contribution < -0.4 is 5.32 Å². The third-order valence-corrected chi connectivity index (χ3v) is 4.56. The van der Waals surface area contributed by atoms with Crippen molar-refractivity contribution in [2.75, 3.05) is 6.54 Å². The molecule has 19 heavy (non-hydrogen) atoms. The van der Waals surface area contributed by atoms with Crippen molar-refractivity contribution >= 4 is 11.3 Å². The summed E-state index contributed by atoms with van der Waals surface area (Å²) in [6, 6.07) is 11.7. The van der Waals surface area contributed by atoms with E-state index in [4.69, 9.17) is 0 Å². The molecule has 0 radical (unpaired) electrons. The summed E-state index contributed by atoms with van der Waals surface area (Å²) in [6.07, 6.45) is 7.05. The molecular formula is C16H20N2S. The van der Waals surface area contributed by atoms with Crippen LogP contribution >= 0.6 is 11.3 Å². The van der Waals surface area contributed by atoms with Gasteiger partial charge in [0.1, 0.15) is 0 Å². The van der Waals surface area contributed by atoms with Crippen LogP contribution in [0.4, 0.5) is 0 Å². The topological polar surface area (TPSA) is 24.9 Å². The Morgan fingerprint density at radius 1 is 1.26 bits per heavy atom. The number of rotatable bonds is 7. The van der Waals surface area contributed by atoms with Crippen LogP contribution in [0.25, 0.3) is 0 Å². The highest BCUT2D eigenvalue weighted by Gasteiger charge is 2.22. The Bertz CT molecular complexity index is 477. The average Bonchev–Trinajstić information content (AvgIpc) is 3.14. The minimum absolute atomic E-state index is 0.615. The molecule has 0 spiro atoms. The lowest BCUT2D eigenvalue weighted by Crippen LogP contribution is -2.23. The molecule has 1 N–H and O–H groups in total. The fourth-order valence-electron chi connectivity index (χ4n) is 2.39. The molecule has 3 rings (SSSR count). The molecule has 3 heteroatoms. The summed E-state index contributed by atoms with van der Waals surface area (Å²) in [6.45, 7) is 1.10. The molecule has 2 aromatic rings. The van der Waals surface area contributed by atoms with E-state index in [1.807, 2.05) is 11.7 Å². The normalized spacial score (nSPS) is 16.4. The van der Waals surface area contributed by atoms with Crippen molar-refractivity contribution in [1.29, 1.82) is 0 Å². The maximum absolute atomic E-state index is 4.16. The number of aryl methyl sites for hydroxylation is 1. The number of nitrogens with zero attached hydrogens (tertiary/aromatic N) is 1. The minimum Gasteiger partial charge on any atom is -0.313 e. The predicted octanol–water partition coefficient (Wildman–Crippen LogP) is 3.61. The first kappa shape index (κ1) is 12.8. The van der Waals surface area contributed by atoms with Crippen LogP contribution in [0, 0.1) is 0 Å². The van der Waals surface area contributed by atoms with Gasteiger partial charge >= 0.3 is 0 Å². The zero-order chi connectivity index (χ0) is 12.9. The highest BCUT2D eigenvalue weighted by atomic mass is 32.1. The van der Waals surface area contributed by atoms with Crippen molar-refractivity contribution in [2.24, 2.45) is 0 Å². The number of hydrogen-bond acceptors (Lipinski definition) is 3. The van der Waals surface area contributed by atoms with Crippen LogP contribution in [0.3, 0.4) is 0 Å². The lowest BCUT2D eigenvalue weighted by molar-refractivity contribution is 0.549. The van der Waals surface area contributed by atoms with Crippen LogP contribution in [0.5, 0.6) is 0 Å². The summed E-state index contributed by atoms with van der Waals surface area (Å²) >= 11 is 1.77. The van der Waals surface area contributed by atoms with E-state index < -0.39 is 0 Å². The van der Waals surface area contributed by atoms with E-state index in [0.717, 1.165) is 19.0 Å². The molecule has 1 aliphatic carbocycles. The number of nitrogens with one attached hydrogen (secondary N) is 1. The summed E-state index contributed by atoms with van der Waals surface area (Å²) in [5.41, 5.74) is 3.38. The molecule has 1 fully saturated rings. The molecule has 1 aliphatic rings. The predicted molar refractivity (Wildman–Crippen MR) is 80.6 cm³/mol. The Morgan fingerprint density at radius 3 is 2.79 bits per heavy atom. The summed E-state index contributed by atoms with van der Waals surface area (Å²) in [4.78, 5) is 5.56. The monoisotopic (exact) mass is 272 g/mol. The molecule has 100 valence electrons. The van der Waals surface area contributed by atoms with Gasteiger partial charge in [0.05, 0.1) is 5.51 Å². The first-order valence-electron chi connectivity index (χ1n) is 7.07. The maximum Gasteiger partial charge on any atom is 0.0794 e. The molecule has 1 unspecified atom stereocenters. The zero-order valence-corrected chi connectivity index (χ0v) is 11.9. The highest BCUT2D eigenvalue weighted by molar-refractivity contribution is 7.09. The Kier molecular flexibility index (Phi) is 4.26.